The molecule has 2 aromatic rings. The van der Waals surface area contributed by atoms with E-state index in [2.05, 4.69) is 4.98 Å². The molecule has 1 fully saturated rings. The van der Waals surface area contributed by atoms with Gasteiger partial charge in [-0.2, -0.15) is 0 Å². The van der Waals surface area contributed by atoms with Crippen molar-refractivity contribution in [1.29, 1.82) is 0 Å². The number of nitrogens with zero attached hydrogens (tertiary/aromatic N) is 2. The Hall–Kier alpha value is -1.59. The summed E-state index contributed by atoms with van der Waals surface area (Å²) in [4.78, 5) is 17.5. The third-order valence-electron chi connectivity index (χ3n) is 3.40. The van der Waals surface area contributed by atoms with Gasteiger partial charge in [0.25, 0.3) is 0 Å². The van der Waals surface area contributed by atoms with Crippen molar-refractivity contribution >= 4 is 34.0 Å². The maximum atomic E-state index is 11.1. The third-order valence-corrected chi connectivity index (χ3v) is 4.53. The van der Waals surface area contributed by atoms with Crippen molar-refractivity contribution in [1.82, 2.24) is 4.98 Å². The van der Waals surface area contributed by atoms with Crippen molar-refractivity contribution < 1.29 is 9.90 Å². The van der Waals surface area contributed by atoms with Crippen LogP contribution in [0.5, 0.6) is 0 Å². The predicted octanol–water partition coefficient (Wildman–Crippen LogP) is 2.18. The van der Waals surface area contributed by atoms with Gasteiger partial charge in [0.15, 0.2) is 5.13 Å². The molecule has 0 spiro atoms. The zero-order chi connectivity index (χ0) is 14.1. The van der Waals surface area contributed by atoms with E-state index in [1.165, 1.54) is 11.3 Å². The highest BCUT2D eigenvalue weighted by atomic mass is 35.5. The van der Waals surface area contributed by atoms with Crippen LogP contribution in [0.25, 0.3) is 11.3 Å². The fourth-order valence-corrected chi connectivity index (χ4v) is 3.43. The van der Waals surface area contributed by atoms with Crippen LogP contribution in [0.4, 0.5) is 5.13 Å². The molecule has 0 aliphatic carbocycles. The quantitative estimate of drug-likeness (QED) is 0.872. The zero-order valence-corrected chi connectivity index (χ0v) is 12.2. The molecule has 1 aromatic heterocycles. The molecule has 20 heavy (non-hydrogen) atoms. The number of carbonyl (C=O) groups is 1. The lowest BCUT2D eigenvalue weighted by Gasteiger charge is -2.24. The normalized spacial score (nSPS) is 18.4. The summed E-state index contributed by atoms with van der Waals surface area (Å²) in [7, 11) is 0. The first-order valence-electron chi connectivity index (χ1n) is 6.34. The lowest BCUT2D eigenvalue weighted by molar-refractivity contribution is -0.307. The molecule has 1 atom stereocenters. The van der Waals surface area contributed by atoms with Crippen molar-refractivity contribution in [3.05, 3.63) is 34.7 Å². The van der Waals surface area contributed by atoms with Crippen molar-refractivity contribution in [3.63, 3.8) is 0 Å². The van der Waals surface area contributed by atoms with Gasteiger partial charge in [-0.1, -0.05) is 23.7 Å². The lowest BCUT2D eigenvalue weighted by Crippen LogP contribution is -2.44. The van der Waals surface area contributed by atoms with Crippen molar-refractivity contribution in [2.45, 2.75) is 18.9 Å². The molecular weight excluding hydrogens is 296 g/mol. The van der Waals surface area contributed by atoms with Gasteiger partial charge in [-0.05, 0) is 25.0 Å². The number of rotatable bonds is 3. The number of aliphatic carboxylic acids is 1. The van der Waals surface area contributed by atoms with Gasteiger partial charge in [0.05, 0.1) is 17.7 Å². The summed E-state index contributed by atoms with van der Waals surface area (Å²) in [6.45, 7) is 0.715. The van der Waals surface area contributed by atoms with Gasteiger partial charge in [-0.25, -0.2) is 4.98 Å². The van der Waals surface area contributed by atoms with E-state index in [4.69, 9.17) is 11.6 Å². The van der Waals surface area contributed by atoms with Crippen LogP contribution in [0.1, 0.15) is 12.8 Å². The second-order valence-corrected chi connectivity index (χ2v) is 5.97. The number of thiazole rings is 1. The zero-order valence-electron chi connectivity index (χ0n) is 10.6. The van der Waals surface area contributed by atoms with Crippen molar-refractivity contribution in [2.75, 3.05) is 11.4 Å². The highest BCUT2D eigenvalue weighted by molar-refractivity contribution is 7.14. The molecule has 3 rings (SSSR count). The average Bonchev–Trinajstić information content (AvgIpc) is 3.08. The van der Waals surface area contributed by atoms with Crippen LogP contribution in [0, 0.1) is 0 Å². The van der Waals surface area contributed by atoms with E-state index in [0.29, 0.717) is 18.0 Å². The predicted molar refractivity (Wildman–Crippen MR) is 77.9 cm³/mol. The summed E-state index contributed by atoms with van der Waals surface area (Å²) >= 11 is 7.32. The molecule has 0 radical (unpaired) electrons. The van der Waals surface area contributed by atoms with Crippen molar-refractivity contribution in [2.24, 2.45) is 0 Å². The maximum absolute atomic E-state index is 11.1. The van der Waals surface area contributed by atoms with Crippen LogP contribution >= 0.6 is 22.9 Å². The van der Waals surface area contributed by atoms with E-state index in [1.54, 1.807) is 0 Å². The number of anilines is 1. The number of halogens is 1. The van der Waals surface area contributed by atoms with Gasteiger partial charge in [-0.3, -0.25) is 0 Å². The lowest BCUT2D eigenvalue weighted by atomic mass is 10.2. The summed E-state index contributed by atoms with van der Waals surface area (Å²) in [6.07, 6.45) is 1.48. The molecule has 4 nitrogen and oxygen atoms in total. The Bertz CT molecular complexity index is 626. The molecule has 6 heteroatoms. The Morgan fingerprint density at radius 2 is 2.15 bits per heavy atom. The van der Waals surface area contributed by atoms with E-state index in [-0.39, 0.29) is 0 Å². The van der Waals surface area contributed by atoms with Gasteiger partial charge in [0, 0.05) is 22.5 Å². The van der Waals surface area contributed by atoms with Gasteiger partial charge in [-0.15, -0.1) is 11.3 Å². The standard InChI is InChI=1S/C14H13ClN2O2S/c15-10-5-3-9(4-6-10)11-8-20-14(16-11)17-7-1-2-12(17)13(18)19/h3-6,8,12H,1-2,7H2,(H,18,19)/p-1/t12-/m0/s1. The van der Waals surface area contributed by atoms with Gasteiger partial charge in [0.1, 0.15) is 0 Å². The number of hydrogen-bond donors (Lipinski definition) is 0. The molecule has 0 bridgehead atoms. The molecule has 0 amide bonds. The number of aromatic nitrogens is 1. The Labute approximate surface area is 125 Å². The summed E-state index contributed by atoms with van der Waals surface area (Å²) in [6, 6.07) is 6.88. The first-order chi connectivity index (χ1) is 9.65. The monoisotopic (exact) mass is 307 g/mol. The van der Waals surface area contributed by atoms with E-state index in [9.17, 15) is 9.90 Å². The van der Waals surface area contributed by atoms with Crippen LogP contribution in [-0.2, 0) is 4.79 Å². The van der Waals surface area contributed by atoms with E-state index in [1.807, 2.05) is 34.5 Å². The fourth-order valence-electron chi connectivity index (χ4n) is 2.39. The van der Waals surface area contributed by atoms with E-state index >= 15 is 0 Å². The summed E-state index contributed by atoms with van der Waals surface area (Å²) in [5, 5.41) is 14.5. The topological polar surface area (TPSA) is 56.3 Å². The molecule has 1 aromatic carbocycles. The molecule has 0 unspecified atom stereocenters. The second kappa shape index (κ2) is 5.42. The number of carbonyl (C=O) groups excluding carboxylic acids is 1. The third kappa shape index (κ3) is 2.51. The van der Waals surface area contributed by atoms with E-state index in [0.717, 1.165) is 22.8 Å². The first-order valence-corrected chi connectivity index (χ1v) is 7.60. The SMILES string of the molecule is O=C([O-])[C@@H]1CCCN1c1nc(-c2ccc(Cl)cc2)cs1. The summed E-state index contributed by atoms with van der Waals surface area (Å²) < 4.78 is 0. The molecular formula is C14H12ClN2O2S-. The van der Waals surface area contributed by atoms with Gasteiger partial charge in [0.2, 0.25) is 0 Å². The maximum Gasteiger partial charge on any atom is 0.186 e. The highest BCUT2D eigenvalue weighted by Gasteiger charge is 2.27. The Morgan fingerprint density at radius 1 is 1.40 bits per heavy atom. The molecule has 0 N–H and O–H groups in total. The minimum absolute atomic E-state index is 0.556. The number of carboxylic acids is 1. The molecule has 104 valence electrons. The fraction of sp³-hybridized carbons (Fsp3) is 0.286. The molecule has 1 aliphatic heterocycles. The van der Waals surface area contributed by atoms with Gasteiger partial charge < -0.3 is 14.8 Å². The van der Waals surface area contributed by atoms with Crippen LogP contribution in [0.2, 0.25) is 5.02 Å². The minimum atomic E-state index is -1.02. The summed E-state index contributed by atoms with van der Waals surface area (Å²) in [5.41, 5.74) is 1.81. The number of hydrogen-bond acceptors (Lipinski definition) is 5. The first kappa shape index (κ1) is 13.4. The Balaban J connectivity index is 1.86. The van der Waals surface area contributed by atoms with Gasteiger partial charge >= 0.3 is 0 Å². The Kier molecular flexibility index (Phi) is 3.63. The second-order valence-electron chi connectivity index (χ2n) is 4.69. The van der Waals surface area contributed by atoms with Crippen LogP contribution in [0.15, 0.2) is 29.6 Å². The molecule has 1 aliphatic rings. The average molecular weight is 308 g/mol. The van der Waals surface area contributed by atoms with Crippen LogP contribution < -0.4 is 10.0 Å². The highest BCUT2D eigenvalue weighted by Crippen LogP contribution is 2.32. The Morgan fingerprint density at radius 3 is 2.85 bits per heavy atom. The minimum Gasteiger partial charge on any atom is -0.548 e. The number of carboxylic acid groups (broad SMARTS) is 1. The van der Waals surface area contributed by atoms with Crippen molar-refractivity contribution in [3.8, 4) is 11.3 Å². The molecule has 2 heterocycles. The number of benzene rings is 1. The summed E-state index contributed by atoms with van der Waals surface area (Å²) in [5.74, 6) is -1.02. The molecule has 1 saturated heterocycles. The van der Waals surface area contributed by atoms with E-state index < -0.39 is 12.0 Å². The van der Waals surface area contributed by atoms with Crippen LogP contribution in [0.3, 0.4) is 0 Å². The molecule has 0 saturated carbocycles. The smallest absolute Gasteiger partial charge is 0.186 e. The van der Waals surface area contributed by atoms with Crippen LogP contribution in [-0.4, -0.2) is 23.5 Å². The largest absolute Gasteiger partial charge is 0.548 e.